The highest BCUT2D eigenvalue weighted by molar-refractivity contribution is 6.38. The number of amides is 3. The summed E-state index contributed by atoms with van der Waals surface area (Å²) in [5.41, 5.74) is -0.0495. The van der Waals surface area contributed by atoms with Gasteiger partial charge in [-0.15, -0.1) is 5.01 Å². The van der Waals surface area contributed by atoms with Crippen molar-refractivity contribution in [2.75, 3.05) is 0 Å². The maximum Gasteiger partial charge on any atom is 0.346 e. The zero-order valence-electron chi connectivity index (χ0n) is 12.7. The van der Waals surface area contributed by atoms with E-state index >= 15 is 0 Å². The largest absolute Gasteiger partial charge is 0.346 e. The highest BCUT2D eigenvalue weighted by Crippen LogP contribution is 2.29. The Kier molecular flexibility index (Phi) is 4.30. The maximum atomic E-state index is 12.7. The summed E-state index contributed by atoms with van der Waals surface area (Å²) in [4.78, 5) is 24.9. The zero-order chi connectivity index (χ0) is 17.3. The van der Waals surface area contributed by atoms with E-state index in [4.69, 9.17) is 23.2 Å². The van der Waals surface area contributed by atoms with Gasteiger partial charge in [0.2, 0.25) is 0 Å². The van der Waals surface area contributed by atoms with Crippen molar-refractivity contribution in [3.05, 3.63) is 69.7 Å². The van der Waals surface area contributed by atoms with Gasteiger partial charge in [-0.3, -0.25) is 4.79 Å². The molecule has 0 unspecified atom stereocenters. The number of imide groups is 1. The van der Waals surface area contributed by atoms with Crippen molar-refractivity contribution in [2.45, 2.75) is 12.5 Å². The minimum Gasteiger partial charge on any atom is -0.318 e. The molecule has 5 nitrogen and oxygen atoms in total. The molecule has 1 fully saturated rings. The Morgan fingerprint density at radius 1 is 1.04 bits per heavy atom. The Bertz CT molecular complexity index is 819. The van der Waals surface area contributed by atoms with Crippen LogP contribution in [0.25, 0.3) is 0 Å². The monoisotopic (exact) mass is 361 g/mol. The second-order valence-corrected chi connectivity index (χ2v) is 6.23. The molecule has 24 heavy (non-hydrogen) atoms. The van der Waals surface area contributed by atoms with E-state index in [2.05, 4.69) is 10.4 Å². The topological polar surface area (TPSA) is 61.8 Å². The number of urea groups is 1. The molecule has 122 valence electrons. The van der Waals surface area contributed by atoms with E-state index in [0.29, 0.717) is 21.2 Å². The lowest BCUT2D eigenvalue weighted by atomic mass is 9.92. The summed E-state index contributed by atoms with van der Waals surface area (Å²) in [5.74, 6) is -0.474. The molecular formula is C17H13Cl2N3O2. The molecule has 0 saturated carbocycles. The third-order valence-electron chi connectivity index (χ3n) is 3.82. The number of halogens is 2. The quantitative estimate of drug-likeness (QED) is 0.667. The first-order valence-electron chi connectivity index (χ1n) is 7.14. The SMILES string of the molecule is C[C@]1(c2ccccc2)NC(=O)N(N=Cc2c(Cl)cccc2Cl)C1=O. The van der Waals surface area contributed by atoms with Crippen LogP contribution in [0, 0.1) is 0 Å². The Labute approximate surface area is 148 Å². The molecule has 0 aromatic heterocycles. The summed E-state index contributed by atoms with van der Waals surface area (Å²) in [6, 6.07) is 13.4. The molecule has 1 N–H and O–H groups in total. The molecule has 2 aromatic carbocycles. The molecule has 1 aliphatic rings. The normalized spacial score (nSPS) is 20.7. The fourth-order valence-electron chi connectivity index (χ4n) is 2.45. The highest BCUT2D eigenvalue weighted by atomic mass is 35.5. The van der Waals surface area contributed by atoms with Crippen molar-refractivity contribution >= 4 is 41.4 Å². The lowest BCUT2D eigenvalue weighted by molar-refractivity contribution is -0.131. The summed E-state index contributed by atoms with van der Waals surface area (Å²) in [6.07, 6.45) is 1.30. The lowest BCUT2D eigenvalue weighted by Gasteiger charge is -2.20. The van der Waals surface area contributed by atoms with Gasteiger partial charge in [0.15, 0.2) is 0 Å². The number of hydrogen-bond donors (Lipinski definition) is 1. The molecule has 1 saturated heterocycles. The van der Waals surface area contributed by atoms with E-state index in [1.165, 1.54) is 6.21 Å². The minimum absolute atomic E-state index is 0.379. The van der Waals surface area contributed by atoms with Crippen LogP contribution in [-0.4, -0.2) is 23.2 Å². The number of benzene rings is 2. The Hall–Kier alpha value is -2.37. The average Bonchev–Trinajstić information content (AvgIpc) is 2.79. The fraction of sp³-hybridized carbons (Fsp3) is 0.118. The molecule has 2 aromatic rings. The summed E-state index contributed by atoms with van der Waals surface area (Å²) in [5, 5.41) is 8.19. The van der Waals surface area contributed by atoms with E-state index in [-0.39, 0.29) is 0 Å². The second kappa shape index (κ2) is 6.26. The first kappa shape index (κ1) is 16.5. The van der Waals surface area contributed by atoms with Crippen molar-refractivity contribution in [2.24, 2.45) is 5.10 Å². The molecule has 7 heteroatoms. The van der Waals surface area contributed by atoms with Crippen LogP contribution in [0.5, 0.6) is 0 Å². The van der Waals surface area contributed by atoms with Crippen LogP contribution in [0.1, 0.15) is 18.1 Å². The van der Waals surface area contributed by atoms with Crippen molar-refractivity contribution in [1.82, 2.24) is 10.3 Å². The Morgan fingerprint density at radius 3 is 2.29 bits per heavy atom. The summed E-state index contributed by atoms with van der Waals surface area (Å²) in [7, 11) is 0. The first-order chi connectivity index (χ1) is 11.4. The van der Waals surface area contributed by atoms with E-state index in [9.17, 15) is 9.59 Å². The number of nitrogens with zero attached hydrogens (tertiary/aromatic N) is 2. The van der Waals surface area contributed by atoms with Gasteiger partial charge in [-0.25, -0.2) is 4.79 Å². The van der Waals surface area contributed by atoms with Gasteiger partial charge in [0.05, 0.1) is 16.3 Å². The standard InChI is InChI=1S/C17H13Cl2N3O2/c1-17(11-6-3-2-4-7-11)15(23)22(16(24)21-17)20-10-12-13(18)8-5-9-14(12)19/h2-10H,1H3,(H,21,24)/t17-/m1/s1. The number of rotatable bonds is 3. The molecule has 1 aliphatic heterocycles. The van der Waals surface area contributed by atoms with Gasteiger partial charge in [0.1, 0.15) is 5.54 Å². The first-order valence-corrected chi connectivity index (χ1v) is 7.89. The molecular weight excluding hydrogens is 349 g/mol. The molecule has 3 rings (SSSR count). The number of hydrazone groups is 1. The number of nitrogens with one attached hydrogen (secondary N) is 1. The van der Waals surface area contributed by atoms with Crippen LogP contribution in [0.15, 0.2) is 53.6 Å². The molecule has 0 spiro atoms. The minimum atomic E-state index is -1.17. The van der Waals surface area contributed by atoms with Gasteiger partial charge in [0.25, 0.3) is 5.91 Å². The fourth-order valence-corrected chi connectivity index (χ4v) is 2.94. The van der Waals surface area contributed by atoms with Gasteiger partial charge >= 0.3 is 6.03 Å². The van der Waals surface area contributed by atoms with E-state index in [1.54, 1.807) is 49.4 Å². The molecule has 1 heterocycles. The van der Waals surface area contributed by atoms with Crippen LogP contribution in [0.2, 0.25) is 10.0 Å². The maximum absolute atomic E-state index is 12.7. The molecule has 3 amide bonds. The predicted octanol–water partition coefficient (Wildman–Crippen LogP) is 3.79. The van der Waals surface area contributed by atoms with Gasteiger partial charge in [-0.2, -0.15) is 5.10 Å². The van der Waals surface area contributed by atoms with Crippen LogP contribution in [-0.2, 0) is 10.3 Å². The molecule has 1 atom stereocenters. The van der Waals surface area contributed by atoms with Crippen LogP contribution < -0.4 is 5.32 Å². The third kappa shape index (κ3) is 2.77. The highest BCUT2D eigenvalue weighted by Gasteiger charge is 2.49. The van der Waals surface area contributed by atoms with Gasteiger partial charge in [0, 0.05) is 5.56 Å². The van der Waals surface area contributed by atoms with Gasteiger partial charge < -0.3 is 5.32 Å². The number of carbonyl (C=O) groups is 2. The summed E-state index contributed by atoms with van der Waals surface area (Å²) < 4.78 is 0. The van der Waals surface area contributed by atoms with Crippen LogP contribution >= 0.6 is 23.2 Å². The Morgan fingerprint density at radius 2 is 1.67 bits per heavy atom. The molecule has 0 bridgehead atoms. The number of carbonyl (C=O) groups excluding carboxylic acids is 2. The summed E-state index contributed by atoms with van der Waals surface area (Å²) in [6.45, 7) is 1.64. The Balaban J connectivity index is 1.92. The second-order valence-electron chi connectivity index (χ2n) is 5.42. The predicted molar refractivity (Wildman–Crippen MR) is 93.2 cm³/mol. The number of hydrogen-bond acceptors (Lipinski definition) is 3. The third-order valence-corrected chi connectivity index (χ3v) is 4.48. The lowest BCUT2D eigenvalue weighted by Crippen LogP contribution is -2.40. The smallest absolute Gasteiger partial charge is 0.318 e. The average molecular weight is 362 g/mol. The van der Waals surface area contributed by atoms with E-state index in [1.807, 2.05) is 6.07 Å². The van der Waals surface area contributed by atoms with E-state index < -0.39 is 17.5 Å². The van der Waals surface area contributed by atoms with Crippen LogP contribution in [0.3, 0.4) is 0 Å². The van der Waals surface area contributed by atoms with Gasteiger partial charge in [-0.05, 0) is 24.6 Å². The van der Waals surface area contributed by atoms with E-state index in [0.717, 1.165) is 5.01 Å². The molecule has 0 aliphatic carbocycles. The van der Waals surface area contributed by atoms with Crippen molar-refractivity contribution in [3.63, 3.8) is 0 Å². The van der Waals surface area contributed by atoms with Crippen LogP contribution in [0.4, 0.5) is 4.79 Å². The summed E-state index contributed by atoms with van der Waals surface area (Å²) >= 11 is 12.1. The van der Waals surface area contributed by atoms with Crippen molar-refractivity contribution in [1.29, 1.82) is 0 Å². The molecule has 0 radical (unpaired) electrons. The van der Waals surface area contributed by atoms with Crippen molar-refractivity contribution < 1.29 is 9.59 Å². The van der Waals surface area contributed by atoms with Crippen molar-refractivity contribution in [3.8, 4) is 0 Å². The van der Waals surface area contributed by atoms with Gasteiger partial charge in [-0.1, -0.05) is 59.6 Å². The zero-order valence-corrected chi connectivity index (χ0v) is 14.2.